The van der Waals surface area contributed by atoms with Crippen LogP contribution < -0.4 is 5.73 Å². The van der Waals surface area contributed by atoms with E-state index < -0.39 is 24.2 Å². The number of ether oxygens (including phenoxy) is 2. The third kappa shape index (κ3) is 4.60. The number of nitrogens with zero attached hydrogens (tertiary/aromatic N) is 2. The van der Waals surface area contributed by atoms with Crippen molar-refractivity contribution in [1.82, 2.24) is 9.80 Å². The highest BCUT2D eigenvalue weighted by Crippen LogP contribution is 2.40. The predicted molar refractivity (Wildman–Crippen MR) is 124 cm³/mol. The number of hydrogen-bond acceptors (Lipinski definition) is 7. The number of rotatable bonds is 6. The van der Waals surface area contributed by atoms with Crippen molar-refractivity contribution in [2.45, 2.75) is 17.5 Å². The van der Waals surface area contributed by atoms with Crippen LogP contribution in [-0.2, 0) is 19.1 Å². The Balaban J connectivity index is 1.66. The molecule has 2 N–H and O–H groups in total. The van der Waals surface area contributed by atoms with Gasteiger partial charge in [-0.2, -0.15) is 0 Å². The Morgan fingerprint density at radius 2 is 1.67 bits per heavy atom. The molecule has 4 rings (SSSR count). The number of amides is 2. The number of carbonyl (C=O) groups is 3. The minimum atomic E-state index is -0.678. The van der Waals surface area contributed by atoms with Crippen molar-refractivity contribution in [1.29, 1.82) is 0 Å². The molecule has 33 heavy (non-hydrogen) atoms. The molecule has 2 aromatic rings. The fourth-order valence-electron chi connectivity index (χ4n) is 3.70. The third-order valence-electron chi connectivity index (χ3n) is 5.45. The highest BCUT2D eigenvalue weighted by molar-refractivity contribution is 8.00. The molecule has 0 bridgehead atoms. The topological polar surface area (TPSA) is 102 Å². The average Bonchev–Trinajstić information content (AvgIpc) is 2.85. The summed E-state index contributed by atoms with van der Waals surface area (Å²) >= 11 is 1.44. The van der Waals surface area contributed by atoms with Crippen LogP contribution in [0.25, 0.3) is 0 Å². The van der Waals surface area contributed by atoms with Gasteiger partial charge in [0.25, 0.3) is 0 Å². The summed E-state index contributed by atoms with van der Waals surface area (Å²) in [6, 6.07) is 18.1. The first-order valence-corrected chi connectivity index (χ1v) is 11.5. The molecule has 1 unspecified atom stereocenters. The van der Waals surface area contributed by atoms with Gasteiger partial charge in [-0.3, -0.25) is 9.69 Å². The fourth-order valence-corrected chi connectivity index (χ4v) is 4.98. The molecule has 2 heterocycles. The molecule has 0 aromatic heterocycles. The summed E-state index contributed by atoms with van der Waals surface area (Å²) in [7, 11) is 3.14. The van der Waals surface area contributed by atoms with Crippen LogP contribution in [0.15, 0.2) is 71.9 Å². The fraction of sp³-hybridized carbons (Fsp3) is 0.292. The first-order chi connectivity index (χ1) is 15.9. The summed E-state index contributed by atoms with van der Waals surface area (Å²) in [5.74, 6) is -0.616. The Labute approximate surface area is 196 Å². The maximum Gasteiger partial charge on any atom is 0.409 e. The van der Waals surface area contributed by atoms with E-state index in [9.17, 15) is 14.4 Å². The standard InChI is InChI=1S/C24H25N3O5S/c1-26(2)24(30)31-13-17-14-33-22-18(25)21(28)27(22)19(17)23(29)32-20(15-9-5-3-6-10-15)16-11-7-4-8-12-16/h3-12,18,20,22H,13-14,25H2,1-2H3/t18?,22-/m1/s1. The molecular formula is C24H25N3O5S. The van der Waals surface area contributed by atoms with Crippen LogP contribution in [0.3, 0.4) is 0 Å². The lowest BCUT2D eigenvalue weighted by Crippen LogP contribution is -2.68. The summed E-state index contributed by atoms with van der Waals surface area (Å²) in [6.45, 7) is -0.123. The molecule has 0 radical (unpaired) electrons. The van der Waals surface area contributed by atoms with E-state index in [1.165, 1.54) is 21.6 Å². The lowest BCUT2D eigenvalue weighted by atomic mass is 10.0. The lowest BCUT2D eigenvalue weighted by molar-refractivity contribution is -0.153. The second-order valence-electron chi connectivity index (χ2n) is 7.94. The van der Waals surface area contributed by atoms with Gasteiger partial charge in [0.15, 0.2) is 6.10 Å². The number of thioether (sulfide) groups is 1. The van der Waals surface area contributed by atoms with E-state index in [0.29, 0.717) is 11.3 Å². The van der Waals surface area contributed by atoms with Crippen molar-refractivity contribution in [2.75, 3.05) is 26.5 Å². The molecule has 2 amide bonds. The minimum absolute atomic E-state index is 0.105. The Morgan fingerprint density at radius 1 is 1.09 bits per heavy atom. The second-order valence-corrected chi connectivity index (χ2v) is 9.05. The number of benzene rings is 2. The summed E-state index contributed by atoms with van der Waals surface area (Å²) in [6.07, 6.45) is -1.21. The van der Waals surface area contributed by atoms with E-state index in [1.54, 1.807) is 14.1 Å². The zero-order valence-corrected chi connectivity index (χ0v) is 19.2. The molecule has 2 atom stereocenters. The molecule has 1 saturated heterocycles. The van der Waals surface area contributed by atoms with E-state index in [-0.39, 0.29) is 23.6 Å². The normalized spacial score (nSPS) is 19.6. The molecule has 9 heteroatoms. The number of carbonyl (C=O) groups excluding carboxylic acids is 3. The van der Waals surface area contributed by atoms with Gasteiger partial charge in [0.05, 0.1) is 0 Å². The van der Waals surface area contributed by atoms with E-state index >= 15 is 0 Å². The predicted octanol–water partition coefficient (Wildman–Crippen LogP) is 2.51. The molecule has 0 saturated carbocycles. The molecule has 172 valence electrons. The van der Waals surface area contributed by atoms with Gasteiger partial charge >= 0.3 is 12.1 Å². The van der Waals surface area contributed by atoms with Crippen molar-refractivity contribution >= 4 is 29.7 Å². The third-order valence-corrected chi connectivity index (χ3v) is 6.81. The average molecular weight is 468 g/mol. The van der Waals surface area contributed by atoms with Gasteiger partial charge < -0.3 is 20.1 Å². The Morgan fingerprint density at radius 3 is 2.21 bits per heavy atom. The van der Waals surface area contributed by atoms with Crippen molar-refractivity contribution in [3.8, 4) is 0 Å². The summed E-state index contributed by atoms with van der Waals surface area (Å²) in [5.41, 5.74) is 8.16. The van der Waals surface area contributed by atoms with Gasteiger partial charge in [0.2, 0.25) is 5.91 Å². The van der Waals surface area contributed by atoms with Gasteiger partial charge in [0.1, 0.15) is 23.7 Å². The van der Waals surface area contributed by atoms with Gasteiger partial charge in [0, 0.05) is 25.4 Å². The van der Waals surface area contributed by atoms with Crippen molar-refractivity contribution < 1.29 is 23.9 Å². The van der Waals surface area contributed by atoms with Crippen LogP contribution in [0.2, 0.25) is 0 Å². The quantitative estimate of drug-likeness (QED) is 0.514. The smallest absolute Gasteiger partial charge is 0.409 e. The molecule has 1 fully saturated rings. The lowest BCUT2D eigenvalue weighted by Gasteiger charge is -2.48. The van der Waals surface area contributed by atoms with Gasteiger partial charge in [-0.1, -0.05) is 60.7 Å². The molecule has 8 nitrogen and oxygen atoms in total. The van der Waals surface area contributed by atoms with Crippen molar-refractivity contribution in [3.63, 3.8) is 0 Å². The minimum Gasteiger partial charge on any atom is -0.448 e. The highest BCUT2D eigenvalue weighted by atomic mass is 32.2. The van der Waals surface area contributed by atoms with E-state index in [0.717, 1.165) is 11.1 Å². The van der Waals surface area contributed by atoms with Crippen LogP contribution >= 0.6 is 11.8 Å². The summed E-state index contributed by atoms with van der Waals surface area (Å²) in [5, 5.41) is -0.347. The second kappa shape index (κ2) is 9.68. The first kappa shape index (κ1) is 22.9. The maximum absolute atomic E-state index is 13.5. The molecule has 2 aromatic carbocycles. The van der Waals surface area contributed by atoms with E-state index in [2.05, 4.69) is 0 Å². The van der Waals surface area contributed by atoms with Gasteiger partial charge in [-0.25, -0.2) is 9.59 Å². The van der Waals surface area contributed by atoms with E-state index in [1.807, 2.05) is 60.7 Å². The summed E-state index contributed by atoms with van der Waals surface area (Å²) in [4.78, 5) is 40.7. The Hall–Kier alpha value is -3.30. The molecule has 0 spiro atoms. The van der Waals surface area contributed by atoms with Crippen LogP contribution in [0.5, 0.6) is 0 Å². The number of hydrogen-bond donors (Lipinski definition) is 1. The number of nitrogens with two attached hydrogens (primary N) is 1. The Kier molecular flexibility index (Phi) is 6.71. The van der Waals surface area contributed by atoms with Crippen molar-refractivity contribution in [3.05, 3.63) is 83.1 Å². The molecule has 2 aliphatic rings. The molecular weight excluding hydrogens is 442 g/mol. The monoisotopic (exact) mass is 467 g/mol. The summed E-state index contributed by atoms with van der Waals surface area (Å²) < 4.78 is 11.3. The zero-order chi connectivity index (χ0) is 23.5. The van der Waals surface area contributed by atoms with Gasteiger partial charge in [-0.05, 0) is 11.1 Å². The van der Waals surface area contributed by atoms with Crippen LogP contribution in [0.1, 0.15) is 17.2 Å². The SMILES string of the molecule is CN(C)C(=O)OCC1=C(C(=O)OC(c2ccccc2)c2ccccc2)N2C(=O)C(N)[C@H]2SC1. The zero-order valence-electron chi connectivity index (χ0n) is 18.3. The van der Waals surface area contributed by atoms with Gasteiger partial charge in [-0.15, -0.1) is 11.8 Å². The molecule has 2 aliphatic heterocycles. The largest absolute Gasteiger partial charge is 0.448 e. The highest BCUT2D eigenvalue weighted by Gasteiger charge is 2.52. The Bertz CT molecular complexity index is 1030. The van der Waals surface area contributed by atoms with E-state index in [4.69, 9.17) is 15.2 Å². The number of esters is 1. The van der Waals surface area contributed by atoms with Crippen molar-refractivity contribution in [2.24, 2.45) is 5.73 Å². The van der Waals surface area contributed by atoms with Crippen LogP contribution in [0.4, 0.5) is 4.79 Å². The van der Waals surface area contributed by atoms with Crippen LogP contribution in [0, 0.1) is 0 Å². The maximum atomic E-state index is 13.5. The first-order valence-electron chi connectivity index (χ1n) is 10.5. The van der Waals surface area contributed by atoms with Crippen LogP contribution in [-0.4, -0.2) is 65.6 Å². The molecule has 0 aliphatic carbocycles. The number of β-lactam (4-membered cyclic amide) rings is 1. The number of fused-ring (bicyclic) bond motifs is 1.